The molecule has 1 amide bonds. The van der Waals surface area contributed by atoms with Crippen LogP contribution in [0.25, 0.3) is 0 Å². The van der Waals surface area contributed by atoms with Crippen molar-refractivity contribution >= 4 is 17.7 Å². The second-order valence-corrected chi connectivity index (χ2v) is 8.55. The molecule has 1 saturated heterocycles. The minimum atomic E-state index is 0.0164. The molecule has 2 fully saturated rings. The zero-order valence-corrected chi connectivity index (χ0v) is 15.1. The fourth-order valence-electron chi connectivity index (χ4n) is 3.79. The van der Waals surface area contributed by atoms with Gasteiger partial charge >= 0.3 is 0 Å². The Bertz CT molecular complexity index is 366. The summed E-state index contributed by atoms with van der Waals surface area (Å²) in [5, 5.41) is 3.62. The second kappa shape index (κ2) is 6.91. The van der Waals surface area contributed by atoms with Crippen LogP contribution in [0.1, 0.15) is 59.8 Å². The van der Waals surface area contributed by atoms with Gasteiger partial charge in [-0.2, -0.15) is 11.8 Å². The van der Waals surface area contributed by atoms with Gasteiger partial charge in [0.05, 0.1) is 12.2 Å². The topological polar surface area (TPSA) is 32.3 Å². The third kappa shape index (κ3) is 3.42. The maximum absolute atomic E-state index is 12.9. The van der Waals surface area contributed by atoms with Crippen molar-refractivity contribution in [2.45, 2.75) is 76.8 Å². The molecule has 3 unspecified atom stereocenters. The molecule has 1 aliphatic heterocycles. The summed E-state index contributed by atoms with van der Waals surface area (Å²) in [7, 11) is 0. The third-order valence-corrected chi connectivity index (χ3v) is 6.89. The van der Waals surface area contributed by atoms with E-state index in [4.69, 9.17) is 0 Å². The van der Waals surface area contributed by atoms with E-state index in [1.54, 1.807) is 0 Å². The summed E-state index contributed by atoms with van der Waals surface area (Å²) in [6.07, 6.45) is 8.63. The molecular formula is C17H32N2OS. The molecule has 2 rings (SSSR count). The number of nitrogens with one attached hydrogen (secondary N) is 1. The van der Waals surface area contributed by atoms with Crippen molar-refractivity contribution < 1.29 is 4.79 Å². The number of carbonyl (C=O) groups is 1. The van der Waals surface area contributed by atoms with Gasteiger partial charge < -0.3 is 4.90 Å². The predicted molar refractivity (Wildman–Crippen MR) is 91.4 cm³/mol. The van der Waals surface area contributed by atoms with Crippen molar-refractivity contribution in [1.82, 2.24) is 10.2 Å². The van der Waals surface area contributed by atoms with Gasteiger partial charge in [0.2, 0.25) is 5.91 Å². The summed E-state index contributed by atoms with van der Waals surface area (Å²) in [6.45, 7) is 9.73. The summed E-state index contributed by atoms with van der Waals surface area (Å²) in [6, 6.07) is 0.0164. The summed E-state index contributed by atoms with van der Waals surface area (Å²) >= 11 is 1.98. The van der Waals surface area contributed by atoms with Crippen LogP contribution in [0.2, 0.25) is 0 Å². The lowest BCUT2D eigenvalue weighted by molar-refractivity contribution is -0.131. The van der Waals surface area contributed by atoms with Gasteiger partial charge in [-0.1, -0.05) is 47.0 Å². The largest absolute Gasteiger partial charge is 0.324 e. The highest BCUT2D eigenvalue weighted by atomic mass is 32.2. The second-order valence-electron chi connectivity index (χ2n) is 7.28. The molecular weight excluding hydrogens is 280 g/mol. The Morgan fingerprint density at radius 2 is 1.95 bits per heavy atom. The van der Waals surface area contributed by atoms with Gasteiger partial charge in [0.15, 0.2) is 0 Å². The maximum Gasteiger partial charge on any atom is 0.241 e. The summed E-state index contributed by atoms with van der Waals surface area (Å²) < 4.78 is 0.300. The highest BCUT2D eigenvalue weighted by Crippen LogP contribution is 2.42. The summed E-state index contributed by atoms with van der Waals surface area (Å²) in [4.78, 5) is 15.1. The summed E-state index contributed by atoms with van der Waals surface area (Å²) in [5.74, 6) is 1.21. The molecule has 0 radical (unpaired) electrons. The fraction of sp³-hybridized carbons (Fsp3) is 0.941. The lowest BCUT2D eigenvalue weighted by atomic mass is 9.99. The Morgan fingerprint density at radius 3 is 2.43 bits per heavy atom. The molecule has 21 heavy (non-hydrogen) atoms. The molecule has 122 valence electrons. The lowest BCUT2D eigenvalue weighted by Gasteiger charge is -2.36. The van der Waals surface area contributed by atoms with Crippen LogP contribution in [-0.2, 0) is 4.79 Å². The van der Waals surface area contributed by atoms with Crippen LogP contribution < -0.4 is 5.32 Å². The summed E-state index contributed by atoms with van der Waals surface area (Å²) in [5.41, 5.74) is 0. The number of hydrogen-bond acceptors (Lipinski definition) is 3. The number of carbonyl (C=O) groups excluding carboxylic acids is 1. The van der Waals surface area contributed by atoms with Gasteiger partial charge in [-0.25, -0.2) is 0 Å². The number of hydrogen-bond donors (Lipinski definition) is 1. The number of rotatable bonds is 6. The van der Waals surface area contributed by atoms with Crippen LogP contribution in [0.3, 0.4) is 0 Å². The maximum atomic E-state index is 12.9. The molecule has 0 aromatic heterocycles. The zero-order chi connectivity index (χ0) is 15.6. The van der Waals surface area contributed by atoms with E-state index in [9.17, 15) is 4.79 Å². The molecule has 0 spiro atoms. The standard InChI is InChI=1S/C17H32N2OS/c1-6-13(4)14-16(20)19(15(18-14)12(2)3)11-17(21-5)9-7-8-10-17/h12-15,18H,6-11H2,1-5H3. The SMILES string of the molecule is CCC(C)C1NC(C(C)C)N(CC2(SC)CCCC2)C1=O. The van der Waals surface area contributed by atoms with Gasteiger partial charge in [-0.15, -0.1) is 0 Å². The van der Waals surface area contributed by atoms with Crippen LogP contribution in [0.4, 0.5) is 0 Å². The molecule has 3 nitrogen and oxygen atoms in total. The first-order chi connectivity index (χ1) is 9.94. The van der Waals surface area contributed by atoms with Gasteiger partial charge in [-0.3, -0.25) is 10.1 Å². The molecule has 1 heterocycles. The Morgan fingerprint density at radius 1 is 1.33 bits per heavy atom. The Labute approximate surface area is 134 Å². The van der Waals surface area contributed by atoms with Gasteiger partial charge in [0.25, 0.3) is 0 Å². The van der Waals surface area contributed by atoms with E-state index in [2.05, 4.69) is 44.2 Å². The molecule has 1 saturated carbocycles. The monoisotopic (exact) mass is 312 g/mol. The highest BCUT2D eigenvalue weighted by Gasteiger charge is 2.46. The minimum absolute atomic E-state index is 0.0164. The molecule has 1 N–H and O–H groups in total. The molecule has 0 bridgehead atoms. The van der Waals surface area contributed by atoms with Crippen LogP contribution >= 0.6 is 11.8 Å². The third-order valence-electron chi connectivity index (χ3n) is 5.49. The Kier molecular flexibility index (Phi) is 5.64. The van der Waals surface area contributed by atoms with Crippen molar-refractivity contribution in [3.8, 4) is 0 Å². The van der Waals surface area contributed by atoms with E-state index >= 15 is 0 Å². The first-order valence-electron chi connectivity index (χ1n) is 8.56. The van der Waals surface area contributed by atoms with Crippen molar-refractivity contribution in [1.29, 1.82) is 0 Å². The number of nitrogens with zero attached hydrogens (tertiary/aromatic N) is 1. The number of thioether (sulfide) groups is 1. The van der Waals surface area contributed by atoms with Crippen LogP contribution in [0, 0.1) is 11.8 Å². The van der Waals surface area contributed by atoms with E-state index < -0.39 is 0 Å². The fourth-order valence-corrected chi connectivity index (χ4v) is 4.75. The van der Waals surface area contributed by atoms with Gasteiger partial charge in [-0.05, 0) is 30.9 Å². The van der Waals surface area contributed by atoms with E-state index in [1.165, 1.54) is 25.7 Å². The number of amides is 1. The molecule has 0 aromatic rings. The molecule has 0 aromatic carbocycles. The van der Waals surface area contributed by atoms with Crippen LogP contribution in [0.5, 0.6) is 0 Å². The molecule has 1 aliphatic carbocycles. The van der Waals surface area contributed by atoms with Crippen molar-refractivity contribution in [2.24, 2.45) is 11.8 Å². The van der Waals surface area contributed by atoms with Crippen molar-refractivity contribution in [2.75, 3.05) is 12.8 Å². The predicted octanol–water partition coefficient (Wildman–Crippen LogP) is 3.49. The molecule has 3 atom stereocenters. The Hall–Kier alpha value is -0.220. The normalized spacial score (nSPS) is 30.4. The quantitative estimate of drug-likeness (QED) is 0.815. The smallest absolute Gasteiger partial charge is 0.241 e. The van der Waals surface area contributed by atoms with Gasteiger partial charge in [0, 0.05) is 11.3 Å². The van der Waals surface area contributed by atoms with E-state index in [0.717, 1.165) is 13.0 Å². The van der Waals surface area contributed by atoms with E-state index in [1.807, 2.05) is 11.8 Å². The first kappa shape index (κ1) is 17.1. The lowest BCUT2D eigenvalue weighted by Crippen LogP contribution is -2.47. The first-order valence-corrected chi connectivity index (χ1v) is 9.78. The van der Waals surface area contributed by atoms with Crippen LogP contribution in [-0.4, -0.2) is 40.6 Å². The average Bonchev–Trinajstić information content (AvgIpc) is 3.05. The average molecular weight is 313 g/mol. The van der Waals surface area contributed by atoms with E-state index in [0.29, 0.717) is 22.5 Å². The minimum Gasteiger partial charge on any atom is -0.324 e. The van der Waals surface area contributed by atoms with E-state index in [-0.39, 0.29) is 12.2 Å². The Balaban J connectivity index is 2.16. The van der Waals surface area contributed by atoms with Gasteiger partial charge in [0.1, 0.15) is 0 Å². The van der Waals surface area contributed by atoms with Crippen molar-refractivity contribution in [3.63, 3.8) is 0 Å². The van der Waals surface area contributed by atoms with Crippen LogP contribution in [0.15, 0.2) is 0 Å². The molecule has 4 heteroatoms. The highest BCUT2D eigenvalue weighted by molar-refractivity contribution is 8.00. The molecule has 2 aliphatic rings. The van der Waals surface area contributed by atoms with Crippen molar-refractivity contribution in [3.05, 3.63) is 0 Å². The zero-order valence-electron chi connectivity index (χ0n) is 14.3.